The zero-order valence-corrected chi connectivity index (χ0v) is 14.5. The van der Waals surface area contributed by atoms with E-state index in [0.717, 1.165) is 43.2 Å². The van der Waals surface area contributed by atoms with Crippen molar-refractivity contribution in [3.05, 3.63) is 54.1 Å². The predicted molar refractivity (Wildman–Crippen MR) is 97.7 cm³/mol. The zero-order chi connectivity index (χ0) is 17.4. The number of carbonyl (C=O) groups is 1. The minimum Gasteiger partial charge on any atom is -0.490 e. The van der Waals surface area contributed by atoms with Crippen LogP contribution in [0.4, 0.5) is 0 Å². The van der Waals surface area contributed by atoms with E-state index in [4.69, 9.17) is 4.74 Å². The summed E-state index contributed by atoms with van der Waals surface area (Å²) in [6.07, 6.45) is 5.39. The predicted octanol–water partition coefficient (Wildman–Crippen LogP) is 5.79. The Hall–Kier alpha value is -2.29. The average molecular weight is 326 g/mol. The Morgan fingerprint density at radius 2 is 1.79 bits per heavy atom. The Morgan fingerprint density at radius 1 is 1.04 bits per heavy atom. The van der Waals surface area contributed by atoms with Gasteiger partial charge < -0.3 is 9.84 Å². The highest BCUT2D eigenvalue weighted by Gasteiger charge is 2.15. The highest BCUT2D eigenvalue weighted by atomic mass is 16.5. The van der Waals surface area contributed by atoms with Crippen LogP contribution in [0.25, 0.3) is 11.1 Å². The van der Waals surface area contributed by atoms with Gasteiger partial charge in [0.2, 0.25) is 0 Å². The molecule has 0 saturated carbocycles. The molecule has 2 aromatic carbocycles. The first kappa shape index (κ1) is 18.1. The molecule has 0 bridgehead atoms. The quantitative estimate of drug-likeness (QED) is 0.634. The lowest BCUT2D eigenvalue weighted by Gasteiger charge is -2.21. The summed E-state index contributed by atoms with van der Waals surface area (Å²) < 4.78 is 6.27. The number of carboxylic acids is 1. The van der Waals surface area contributed by atoms with Crippen molar-refractivity contribution in [2.24, 2.45) is 0 Å². The van der Waals surface area contributed by atoms with Crippen LogP contribution < -0.4 is 4.74 Å². The van der Waals surface area contributed by atoms with Crippen LogP contribution in [0.3, 0.4) is 0 Å². The molecule has 2 aromatic rings. The van der Waals surface area contributed by atoms with Crippen molar-refractivity contribution in [2.75, 3.05) is 0 Å². The molecule has 0 heterocycles. The molecule has 0 aliphatic heterocycles. The lowest BCUT2D eigenvalue weighted by molar-refractivity contribution is 0.0696. The van der Waals surface area contributed by atoms with E-state index in [1.165, 1.54) is 0 Å². The molecule has 0 aliphatic carbocycles. The molecular formula is C21H26O3. The Morgan fingerprint density at radius 3 is 2.42 bits per heavy atom. The minimum atomic E-state index is -0.930. The Balaban J connectivity index is 2.36. The molecule has 3 heteroatoms. The fourth-order valence-electron chi connectivity index (χ4n) is 2.80. The number of hydrogen-bond donors (Lipinski definition) is 1. The molecule has 0 amide bonds. The molecule has 0 aromatic heterocycles. The lowest BCUT2D eigenvalue weighted by Crippen LogP contribution is -2.17. The molecule has 0 saturated heterocycles. The van der Waals surface area contributed by atoms with Gasteiger partial charge in [0.05, 0.1) is 11.7 Å². The normalized spacial score (nSPS) is 11.9. The van der Waals surface area contributed by atoms with Crippen molar-refractivity contribution in [1.82, 2.24) is 0 Å². The monoisotopic (exact) mass is 326 g/mol. The highest BCUT2D eigenvalue weighted by molar-refractivity contribution is 5.89. The van der Waals surface area contributed by atoms with Gasteiger partial charge in [-0.2, -0.15) is 0 Å². The number of unbranched alkanes of at least 4 members (excludes halogenated alkanes) is 1. The summed E-state index contributed by atoms with van der Waals surface area (Å²) in [5.41, 5.74) is 2.24. The molecule has 0 spiro atoms. The summed E-state index contributed by atoms with van der Waals surface area (Å²) in [7, 11) is 0. The standard InChI is InChI=1S/C21H26O3/c1-3-5-12-18(9-4-2)24-20-15-17(21(22)23)13-14-19(20)16-10-7-6-8-11-16/h6-8,10-11,13-15,18H,3-5,9,12H2,1-2H3,(H,22,23). The van der Waals surface area contributed by atoms with E-state index < -0.39 is 5.97 Å². The van der Waals surface area contributed by atoms with Crippen molar-refractivity contribution >= 4 is 5.97 Å². The lowest BCUT2D eigenvalue weighted by atomic mass is 10.0. The van der Waals surface area contributed by atoms with Gasteiger partial charge in [-0.05, 0) is 36.6 Å². The highest BCUT2D eigenvalue weighted by Crippen LogP contribution is 2.33. The molecular weight excluding hydrogens is 300 g/mol. The maximum Gasteiger partial charge on any atom is 0.335 e. The smallest absolute Gasteiger partial charge is 0.335 e. The number of ether oxygens (including phenoxy) is 1. The van der Waals surface area contributed by atoms with Gasteiger partial charge >= 0.3 is 5.97 Å². The number of benzene rings is 2. The third kappa shape index (κ3) is 4.85. The van der Waals surface area contributed by atoms with E-state index in [2.05, 4.69) is 13.8 Å². The second-order valence-corrected chi connectivity index (χ2v) is 6.05. The number of aromatic carboxylic acids is 1. The summed E-state index contributed by atoms with van der Waals surface area (Å²) in [4.78, 5) is 11.3. The summed E-state index contributed by atoms with van der Waals surface area (Å²) in [6, 6.07) is 15.1. The molecule has 2 rings (SSSR count). The molecule has 0 fully saturated rings. The van der Waals surface area contributed by atoms with E-state index in [1.807, 2.05) is 36.4 Å². The Labute approximate surface area is 144 Å². The van der Waals surface area contributed by atoms with Gasteiger partial charge in [-0.1, -0.05) is 63.4 Å². The SMILES string of the molecule is CCCCC(CCC)Oc1cc(C(=O)O)ccc1-c1ccccc1. The third-order valence-corrected chi connectivity index (χ3v) is 4.10. The molecule has 0 radical (unpaired) electrons. The van der Waals surface area contributed by atoms with Gasteiger partial charge in [0.25, 0.3) is 0 Å². The zero-order valence-electron chi connectivity index (χ0n) is 14.5. The van der Waals surface area contributed by atoms with Crippen LogP contribution in [0.15, 0.2) is 48.5 Å². The molecule has 0 aliphatic rings. The van der Waals surface area contributed by atoms with Gasteiger partial charge in [0.1, 0.15) is 5.75 Å². The molecule has 1 N–H and O–H groups in total. The van der Waals surface area contributed by atoms with E-state index >= 15 is 0 Å². The van der Waals surface area contributed by atoms with Gasteiger partial charge in [0.15, 0.2) is 0 Å². The van der Waals surface area contributed by atoms with Gasteiger partial charge in [-0.3, -0.25) is 0 Å². The molecule has 128 valence electrons. The number of hydrogen-bond acceptors (Lipinski definition) is 2. The molecule has 1 atom stereocenters. The van der Waals surface area contributed by atoms with Crippen LogP contribution in [0, 0.1) is 0 Å². The van der Waals surface area contributed by atoms with E-state index in [-0.39, 0.29) is 11.7 Å². The summed E-state index contributed by atoms with van der Waals surface area (Å²) in [5, 5.41) is 9.29. The Kier molecular flexibility index (Phi) is 6.86. The Bertz CT molecular complexity index is 649. The topological polar surface area (TPSA) is 46.5 Å². The molecule has 24 heavy (non-hydrogen) atoms. The van der Waals surface area contributed by atoms with Crippen LogP contribution in [0.2, 0.25) is 0 Å². The van der Waals surface area contributed by atoms with Gasteiger partial charge in [-0.25, -0.2) is 4.79 Å². The first-order chi connectivity index (χ1) is 11.7. The fraction of sp³-hybridized carbons (Fsp3) is 0.381. The van der Waals surface area contributed by atoms with Crippen molar-refractivity contribution in [3.8, 4) is 16.9 Å². The minimum absolute atomic E-state index is 0.126. The van der Waals surface area contributed by atoms with E-state index in [0.29, 0.717) is 5.75 Å². The van der Waals surface area contributed by atoms with Crippen molar-refractivity contribution in [2.45, 2.75) is 52.1 Å². The number of rotatable bonds is 9. The first-order valence-corrected chi connectivity index (χ1v) is 8.75. The summed E-state index contributed by atoms with van der Waals surface area (Å²) in [6.45, 7) is 4.32. The molecule has 1 unspecified atom stereocenters. The van der Waals surface area contributed by atoms with Gasteiger partial charge in [-0.15, -0.1) is 0 Å². The van der Waals surface area contributed by atoms with Gasteiger partial charge in [0, 0.05) is 5.56 Å². The maximum atomic E-state index is 11.3. The number of carboxylic acid groups (broad SMARTS) is 1. The van der Waals surface area contributed by atoms with E-state index in [1.54, 1.807) is 12.1 Å². The second-order valence-electron chi connectivity index (χ2n) is 6.05. The van der Waals surface area contributed by atoms with E-state index in [9.17, 15) is 9.90 Å². The van der Waals surface area contributed by atoms with Crippen molar-refractivity contribution in [3.63, 3.8) is 0 Å². The fourth-order valence-corrected chi connectivity index (χ4v) is 2.80. The van der Waals surface area contributed by atoms with Crippen LogP contribution in [0.1, 0.15) is 56.3 Å². The van der Waals surface area contributed by atoms with Crippen LogP contribution in [-0.4, -0.2) is 17.2 Å². The summed E-state index contributed by atoms with van der Waals surface area (Å²) in [5.74, 6) is -0.268. The maximum absolute atomic E-state index is 11.3. The van der Waals surface area contributed by atoms with Crippen molar-refractivity contribution in [1.29, 1.82) is 0 Å². The summed E-state index contributed by atoms with van der Waals surface area (Å²) >= 11 is 0. The largest absolute Gasteiger partial charge is 0.490 e. The molecule has 3 nitrogen and oxygen atoms in total. The second kappa shape index (κ2) is 9.11. The van der Waals surface area contributed by atoms with Crippen LogP contribution >= 0.6 is 0 Å². The third-order valence-electron chi connectivity index (χ3n) is 4.10. The van der Waals surface area contributed by atoms with Crippen LogP contribution in [0.5, 0.6) is 5.75 Å². The first-order valence-electron chi connectivity index (χ1n) is 8.75. The average Bonchev–Trinajstić information content (AvgIpc) is 2.60. The van der Waals surface area contributed by atoms with Crippen LogP contribution in [-0.2, 0) is 0 Å². The van der Waals surface area contributed by atoms with Crippen molar-refractivity contribution < 1.29 is 14.6 Å².